The fraction of sp³-hybridized carbons (Fsp3) is 0.700. The SMILES string of the molecule is CC(C)(C1CCCC1)C1c2ccccc2C2CCCNC21. The van der Waals surface area contributed by atoms with Gasteiger partial charge in [0.25, 0.3) is 0 Å². The monoisotopic (exact) mass is 283 g/mol. The fourth-order valence-corrected chi connectivity index (χ4v) is 5.72. The van der Waals surface area contributed by atoms with Crippen molar-refractivity contribution in [1.29, 1.82) is 0 Å². The summed E-state index contributed by atoms with van der Waals surface area (Å²) in [4.78, 5) is 0. The van der Waals surface area contributed by atoms with E-state index in [9.17, 15) is 0 Å². The number of rotatable bonds is 2. The average Bonchev–Trinajstić information content (AvgIpc) is 3.14. The molecule has 1 saturated carbocycles. The summed E-state index contributed by atoms with van der Waals surface area (Å²) in [6, 6.07) is 10.0. The number of piperidine rings is 1. The molecule has 4 rings (SSSR count). The second kappa shape index (κ2) is 5.12. The van der Waals surface area contributed by atoms with E-state index >= 15 is 0 Å². The second-order valence-corrected chi connectivity index (χ2v) is 8.14. The predicted molar refractivity (Wildman–Crippen MR) is 88.7 cm³/mol. The van der Waals surface area contributed by atoms with Crippen molar-refractivity contribution in [2.24, 2.45) is 11.3 Å². The molecule has 1 nitrogen and oxygen atoms in total. The summed E-state index contributed by atoms with van der Waals surface area (Å²) in [5, 5.41) is 3.91. The Hall–Kier alpha value is -0.820. The van der Waals surface area contributed by atoms with Gasteiger partial charge >= 0.3 is 0 Å². The van der Waals surface area contributed by atoms with Crippen molar-refractivity contribution in [3.05, 3.63) is 35.4 Å². The van der Waals surface area contributed by atoms with Crippen LogP contribution in [-0.4, -0.2) is 12.6 Å². The Morgan fingerprint density at radius 3 is 2.43 bits per heavy atom. The minimum absolute atomic E-state index is 0.427. The Balaban J connectivity index is 1.76. The van der Waals surface area contributed by atoms with Gasteiger partial charge in [0, 0.05) is 17.9 Å². The molecule has 2 aliphatic carbocycles. The van der Waals surface area contributed by atoms with E-state index in [1.54, 1.807) is 11.1 Å². The zero-order valence-corrected chi connectivity index (χ0v) is 13.6. The van der Waals surface area contributed by atoms with Crippen molar-refractivity contribution in [1.82, 2.24) is 5.32 Å². The summed E-state index contributed by atoms with van der Waals surface area (Å²) in [5.74, 6) is 2.39. The van der Waals surface area contributed by atoms with E-state index in [1.807, 2.05) is 0 Å². The highest BCUT2D eigenvalue weighted by atomic mass is 15.0. The van der Waals surface area contributed by atoms with Crippen molar-refractivity contribution < 1.29 is 0 Å². The van der Waals surface area contributed by atoms with Crippen LogP contribution in [0, 0.1) is 11.3 Å². The van der Waals surface area contributed by atoms with E-state index in [4.69, 9.17) is 0 Å². The van der Waals surface area contributed by atoms with E-state index in [2.05, 4.69) is 43.4 Å². The molecule has 114 valence electrons. The van der Waals surface area contributed by atoms with Crippen molar-refractivity contribution in [2.75, 3.05) is 6.54 Å². The van der Waals surface area contributed by atoms with Crippen LogP contribution in [0.15, 0.2) is 24.3 Å². The fourth-order valence-electron chi connectivity index (χ4n) is 5.72. The first-order chi connectivity index (χ1) is 10.2. The number of benzene rings is 1. The number of nitrogens with one attached hydrogen (secondary N) is 1. The Morgan fingerprint density at radius 1 is 0.952 bits per heavy atom. The van der Waals surface area contributed by atoms with E-state index < -0.39 is 0 Å². The minimum atomic E-state index is 0.427. The van der Waals surface area contributed by atoms with Crippen LogP contribution in [-0.2, 0) is 0 Å². The molecule has 1 aromatic rings. The molecule has 0 amide bonds. The molecule has 0 radical (unpaired) electrons. The zero-order chi connectivity index (χ0) is 14.4. The van der Waals surface area contributed by atoms with E-state index in [0.717, 1.165) is 11.8 Å². The highest BCUT2D eigenvalue weighted by Crippen LogP contribution is 2.57. The summed E-state index contributed by atoms with van der Waals surface area (Å²) in [6.45, 7) is 6.33. The van der Waals surface area contributed by atoms with Gasteiger partial charge in [-0.05, 0) is 54.7 Å². The molecule has 1 aliphatic heterocycles. The van der Waals surface area contributed by atoms with Crippen LogP contribution in [0.2, 0.25) is 0 Å². The topological polar surface area (TPSA) is 12.0 Å². The van der Waals surface area contributed by atoms with E-state index in [1.165, 1.54) is 45.1 Å². The van der Waals surface area contributed by atoms with Gasteiger partial charge in [-0.3, -0.25) is 0 Å². The van der Waals surface area contributed by atoms with Crippen molar-refractivity contribution >= 4 is 0 Å². The Labute approximate surface area is 129 Å². The van der Waals surface area contributed by atoms with Crippen molar-refractivity contribution in [3.8, 4) is 0 Å². The lowest BCUT2D eigenvalue weighted by atomic mass is 9.64. The van der Waals surface area contributed by atoms with Gasteiger partial charge in [-0.1, -0.05) is 51.0 Å². The molecule has 0 spiro atoms. The molecule has 0 aromatic heterocycles. The first-order valence-electron chi connectivity index (χ1n) is 9.02. The van der Waals surface area contributed by atoms with E-state index in [0.29, 0.717) is 17.4 Å². The third-order valence-electron chi connectivity index (χ3n) is 6.80. The lowest BCUT2D eigenvalue weighted by Crippen LogP contribution is -2.46. The molecule has 3 atom stereocenters. The number of fused-ring (bicyclic) bond motifs is 3. The van der Waals surface area contributed by atoms with Crippen LogP contribution in [0.5, 0.6) is 0 Å². The Kier molecular flexibility index (Phi) is 3.37. The summed E-state index contributed by atoms with van der Waals surface area (Å²) < 4.78 is 0. The van der Waals surface area contributed by atoms with Gasteiger partial charge in [0.05, 0.1) is 0 Å². The first-order valence-corrected chi connectivity index (χ1v) is 9.02. The third kappa shape index (κ3) is 2.08. The maximum atomic E-state index is 3.91. The molecule has 1 aromatic carbocycles. The van der Waals surface area contributed by atoms with Gasteiger partial charge in [0.2, 0.25) is 0 Å². The van der Waals surface area contributed by atoms with Gasteiger partial charge in [-0.2, -0.15) is 0 Å². The van der Waals surface area contributed by atoms with Crippen LogP contribution in [0.4, 0.5) is 0 Å². The molecule has 3 unspecified atom stereocenters. The largest absolute Gasteiger partial charge is 0.313 e. The molecule has 2 fully saturated rings. The smallest absolute Gasteiger partial charge is 0.0210 e. The molecule has 1 saturated heterocycles. The molecule has 1 heteroatoms. The third-order valence-corrected chi connectivity index (χ3v) is 6.80. The molecule has 3 aliphatic rings. The number of hydrogen-bond donors (Lipinski definition) is 1. The van der Waals surface area contributed by atoms with E-state index in [-0.39, 0.29) is 0 Å². The zero-order valence-electron chi connectivity index (χ0n) is 13.6. The van der Waals surface area contributed by atoms with Gasteiger partial charge in [0.15, 0.2) is 0 Å². The lowest BCUT2D eigenvalue weighted by molar-refractivity contribution is 0.131. The maximum absolute atomic E-state index is 3.91. The Bertz CT molecular complexity index is 512. The normalized spacial score (nSPS) is 33.0. The van der Waals surface area contributed by atoms with Gasteiger partial charge in [0.1, 0.15) is 0 Å². The summed E-state index contributed by atoms with van der Waals surface area (Å²) in [5.41, 5.74) is 3.75. The van der Waals surface area contributed by atoms with Crippen LogP contribution >= 0.6 is 0 Å². The second-order valence-electron chi connectivity index (χ2n) is 8.14. The van der Waals surface area contributed by atoms with Crippen LogP contribution in [0.3, 0.4) is 0 Å². The summed E-state index contributed by atoms with van der Waals surface area (Å²) >= 11 is 0. The highest BCUT2D eigenvalue weighted by Gasteiger charge is 2.50. The highest BCUT2D eigenvalue weighted by molar-refractivity contribution is 5.43. The van der Waals surface area contributed by atoms with Crippen LogP contribution in [0.1, 0.15) is 75.3 Å². The molecule has 1 heterocycles. The number of hydrogen-bond acceptors (Lipinski definition) is 1. The predicted octanol–water partition coefficient (Wildman–Crippen LogP) is 4.84. The van der Waals surface area contributed by atoms with Crippen LogP contribution < -0.4 is 5.32 Å². The molecule has 1 N–H and O–H groups in total. The van der Waals surface area contributed by atoms with Gasteiger partial charge < -0.3 is 5.32 Å². The molecular formula is C20H29N. The lowest BCUT2D eigenvalue weighted by Gasteiger charge is -2.43. The summed E-state index contributed by atoms with van der Waals surface area (Å²) in [7, 11) is 0. The van der Waals surface area contributed by atoms with Crippen molar-refractivity contribution in [3.63, 3.8) is 0 Å². The maximum Gasteiger partial charge on any atom is 0.0210 e. The minimum Gasteiger partial charge on any atom is -0.313 e. The first kappa shape index (κ1) is 13.8. The summed E-state index contributed by atoms with van der Waals surface area (Å²) in [6.07, 6.45) is 8.51. The quantitative estimate of drug-likeness (QED) is 0.819. The van der Waals surface area contributed by atoms with Crippen LogP contribution in [0.25, 0.3) is 0 Å². The molecule has 21 heavy (non-hydrogen) atoms. The Morgan fingerprint density at radius 2 is 1.67 bits per heavy atom. The molecular weight excluding hydrogens is 254 g/mol. The van der Waals surface area contributed by atoms with Gasteiger partial charge in [-0.25, -0.2) is 0 Å². The van der Waals surface area contributed by atoms with Crippen molar-refractivity contribution in [2.45, 2.75) is 70.3 Å². The standard InChI is InChI=1S/C20H29N/c1-20(2,14-8-3-4-9-14)18-16-11-6-5-10-15(16)17-12-7-13-21-19(17)18/h5-6,10-11,14,17-19,21H,3-4,7-9,12-13H2,1-2H3. The average molecular weight is 283 g/mol. The molecule has 0 bridgehead atoms. The van der Waals surface area contributed by atoms with Gasteiger partial charge in [-0.15, -0.1) is 0 Å².